The van der Waals surface area contributed by atoms with Gasteiger partial charge in [0.15, 0.2) is 11.6 Å². The quantitative estimate of drug-likeness (QED) is 0.917. The third-order valence-electron chi connectivity index (χ3n) is 1.82. The van der Waals surface area contributed by atoms with Gasteiger partial charge < -0.3 is 5.32 Å². The molecule has 0 aromatic carbocycles. The second-order valence-corrected chi connectivity index (χ2v) is 4.05. The van der Waals surface area contributed by atoms with E-state index < -0.39 is 5.82 Å². The summed E-state index contributed by atoms with van der Waals surface area (Å²) in [6.45, 7) is 1.99. The molecular formula is C10H12BrFN2O. The summed E-state index contributed by atoms with van der Waals surface area (Å²) >= 11 is 3.09. The first-order valence-electron chi connectivity index (χ1n) is 4.74. The van der Waals surface area contributed by atoms with Crippen LogP contribution in [-0.4, -0.2) is 10.9 Å². The molecule has 82 valence electrons. The number of anilines is 1. The van der Waals surface area contributed by atoms with Crippen molar-refractivity contribution >= 4 is 27.7 Å². The molecule has 0 aliphatic heterocycles. The van der Waals surface area contributed by atoms with Gasteiger partial charge in [-0.2, -0.15) is 0 Å². The Hall–Kier alpha value is -0.970. The van der Waals surface area contributed by atoms with Gasteiger partial charge in [0.1, 0.15) is 0 Å². The van der Waals surface area contributed by atoms with Crippen molar-refractivity contribution in [3.63, 3.8) is 0 Å². The number of pyridine rings is 1. The Morgan fingerprint density at radius 1 is 1.67 bits per heavy atom. The summed E-state index contributed by atoms with van der Waals surface area (Å²) in [5.41, 5.74) is 0. The minimum Gasteiger partial charge on any atom is -0.308 e. The first-order chi connectivity index (χ1) is 7.13. The molecule has 0 fully saturated rings. The van der Waals surface area contributed by atoms with E-state index in [4.69, 9.17) is 0 Å². The van der Waals surface area contributed by atoms with E-state index >= 15 is 0 Å². The molecule has 0 bridgehead atoms. The second-order valence-electron chi connectivity index (χ2n) is 3.14. The monoisotopic (exact) mass is 274 g/mol. The molecule has 0 saturated carbocycles. The van der Waals surface area contributed by atoms with E-state index in [-0.39, 0.29) is 11.7 Å². The normalized spacial score (nSPS) is 10.1. The molecule has 1 amide bonds. The number of rotatable bonds is 4. The number of carbonyl (C=O) groups is 1. The summed E-state index contributed by atoms with van der Waals surface area (Å²) in [6.07, 6.45) is 3.57. The van der Waals surface area contributed by atoms with Gasteiger partial charge in [-0.25, -0.2) is 9.37 Å². The zero-order valence-electron chi connectivity index (χ0n) is 8.39. The van der Waals surface area contributed by atoms with Crippen LogP contribution in [0.2, 0.25) is 0 Å². The number of unbranched alkanes of at least 4 members (excludes halogenated alkanes) is 1. The highest BCUT2D eigenvalue weighted by molar-refractivity contribution is 9.10. The minimum absolute atomic E-state index is 0.0145. The van der Waals surface area contributed by atoms with Gasteiger partial charge in [-0.1, -0.05) is 13.3 Å². The van der Waals surface area contributed by atoms with Crippen LogP contribution in [0.25, 0.3) is 0 Å². The van der Waals surface area contributed by atoms with Crippen LogP contribution in [0.4, 0.5) is 10.2 Å². The molecule has 0 spiro atoms. The van der Waals surface area contributed by atoms with Gasteiger partial charge >= 0.3 is 0 Å². The topological polar surface area (TPSA) is 42.0 Å². The van der Waals surface area contributed by atoms with E-state index in [1.807, 2.05) is 6.92 Å². The molecule has 0 aliphatic rings. The Morgan fingerprint density at radius 2 is 2.40 bits per heavy atom. The maximum Gasteiger partial charge on any atom is 0.225 e. The summed E-state index contributed by atoms with van der Waals surface area (Å²) in [7, 11) is 0. The van der Waals surface area contributed by atoms with Crippen LogP contribution in [0, 0.1) is 5.82 Å². The zero-order valence-corrected chi connectivity index (χ0v) is 9.97. The van der Waals surface area contributed by atoms with Gasteiger partial charge in [0.25, 0.3) is 0 Å². The van der Waals surface area contributed by atoms with E-state index in [1.165, 1.54) is 12.3 Å². The SMILES string of the molecule is CCCCC(=O)Nc1ncc(Br)cc1F. The van der Waals surface area contributed by atoms with Crippen LogP contribution in [0.5, 0.6) is 0 Å². The van der Waals surface area contributed by atoms with Gasteiger partial charge in [-0.05, 0) is 28.4 Å². The van der Waals surface area contributed by atoms with Crippen molar-refractivity contribution < 1.29 is 9.18 Å². The molecule has 1 aromatic rings. The number of amides is 1. The molecule has 0 unspecified atom stereocenters. The predicted octanol–water partition coefficient (Wildman–Crippen LogP) is 3.11. The third kappa shape index (κ3) is 3.95. The number of hydrogen-bond donors (Lipinski definition) is 1. The molecule has 0 saturated heterocycles. The lowest BCUT2D eigenvalue weighted by molar-refractivity contribution is -0.116. The van der Waals surface area contributed by atoms with Gasteiger partial charge in [0.2, 0.25) is 5.91 Å². The maximum absolute atomic E-state index is 13.2. The molecule has 1 heterocycles. The van der Waals surface area contributed by atoms with Crippen LogP contribution < -0.4 is 5.32 Å². The Kier molecular flexibility index (Phi) is 4.68. The highest BCUT2D eigenvalue weighted by atomic mass is 79.9. The average molecular weight is 275 g/mol. The maximum atomic E-state index is 13.2. The summed E-state index contributed by atoms with van der Waals surface area (Å²) < 4.78 is 13.8. The Labute approximate surface area is 96.2 Å². The van der Waals surface area contributed by atoms with E-state index in [9.17, 15) is 9.18 Å². The third-order valence-corrected chi connectivity index (χ3v) is 2.26. The molecule has 0 radical (unpaired) electrons. The predicted molar refractivity (Wildman–Crippen MR) is 60.0 cm³/mol. The van der Waals surface area contributed by atoms with Crippen LogP contribution in [0.15, 0.2) is 16.7 Å². The van der Waals surface area contributed by atoms with Gasteiger partial charge in [0.05, 0.1) is 0 Å². The molecule has 1 aromatic heterocycles. The van der Waals surface area contributed by atoms with Crippen LogP contribution in [-0.2, 0) is 4.79 Å². The van der Waals surface area contributed by atoms with Crippen molar-refractivity contribution in [1.29, 1.82) is 0 Å². The van der Waals surface area contributed by atoms with Crippen molar-refractivity contribution in [1.82, 2.24) is 4.98 Å². The number of halogens is 2. The van der Waals surface area contributed by atoms with Crippen LogP contribution >= 0.6 is 15.9 Å². The standard InChI is InChI=1S/C10H12BrFN2O/c1-2-3-4-9(15)14-10-8(12)5-7(11)6-13-10/h5-6H,2-4H2,1H3,(H,13,14,15). The lowest BCUT2D eigenvalue weighted by atomic mass is 10.2. The summed E-state index contributed by atoms with van der Waals surface area (Å²) in [5, 5.41) is 2.43. The summed E-state index contributed by atoms with van der Waals surface area (Å²) in [4.78, 5) is 15.1. The smallest absolute Gasteiger partial charge is 0.225 e. The first-order valence-corrected chi connectivity index (χ1v) is 5.53. The van der Waals surface area contributed by atoms with Gasteiger partial charge in [-0.3, -0.25) is 4.79 Å². The Bertz CT molecular complexity index is 357. The molecule has 0 aliphatic carbocycles. The van der Waals surface area contributed by atoms with Crippen molar-refractivity contribution in [3.8, 4) is 0 Å². The van der Waals surface area contributed by atoms with Gasteiger partial charge in [-0.15, -0.1) is 0 Å². The lowest BCUT2D eigenvalue weighted by Gasteiger charge is -2.04. The first kappa shape index (κ1) is 12.1. The molecular weight excluding hydrogens is 263 g/mol. The van der Waals surface area contributed by atoms with E-state index in [1.54, 1.807) is 0 Å². The van der Waals surface area contributed by atoms with Gasteiger partial charge in [0, 0.05) is 17.1 Å². The number of nitrogens with zero attached hydrogens (tertiary/aromatic N) is 1. The zero-order chi connectivity index (χ0) is 11.3. The number of nitrogens with one attached hydrogen (secondary N) is 1. The molecule has 5 heteroatoms. The molecule has 0 atom stereocenters. The van der Waals surface area contributed by atoms with Crippen LogP contribution in [0.1, 0.15) is 26.2 Å². The second kappa shape index (κ2) is 5.80. The Morgan fingerprint density at radius 3 is 3.00 bits per heavy atom. The number of aromatic nitrogens is 1. The van der Waals surface area contributed by atoms with Crippen molar-refractivity contribution in [2.75, 3.05) is 5.32 Å². The average Bonchev–Trinajstić information content (AvgIpc) is 2.19. The van der Waals surface area contributed by atoms with Crippen molar-refractivity contribution in [3.05, 3.63) is 22.6 Å². The molecule has 15 heavy (non-hydrogen) atoms. The summed E-state index contributed by atoms with van der Waals surface area (Å²) in [6, 6.07) is 1.27. The molecule has 1 rings (SSSR count). The van der Waals surface area contributed by atoms with E-state index in [0.717, 1.165) is 12.8 Å². The minimum atomic E-state index is -0.533. The highest BCUT2D eigenvalue weighted by Crippen LogP contribution is 2.16. The number of carbonyl (C=O) groups excluding carboxylic acids is 1. The largest absolute Gasteiger partial charge is 0.308 e. The fraction of sp³-hybridized carbons (Fsp3) is 0.400. The Balaban J connectivity index is 2.60. The number of hydrogen-bond acceptors (Lipinski definition) is 2. The lowest BCUT2D eigenvalue weighted by Crippen LogP contribution is -2.13. The fourth-order valence-electron chi connectivity index (χ4n) is 1.04. The highest BCUT2D eigenvalue weighted by Gasteiger charge is 2.07. The van der Waals surface area contributed by atoms with E-state index in [0.29, 0.717) is 10.9 Å². The fourth-order valence-corrected chi connectivity index (χ4v) is 1.34. The van der Waals surface area contributed by atoms with Crippen molar-refractivity contribution in [2.45, 2.75) is 26.2 Å². The molecule has 3 nitrogen and oxygen atoms in total. The summed E-state index contributed by atoms with van der Waals surface area (Å²) in [5.74, 6) is -0.751. The van der Waals surface area contributed by atoms with Crippen molar-refractivity contribution in [2.24, 2.45) is 0 Å². The van der Waals surface area contributed by atoms with E-state index in [2.05, 4.69) is 26.2 Å². The molecule has 1 N–H and O–H groups in total. The van der Waals surface area contributed by atoms with Crippen LogP contribution in [0.3, 0.4) is 0 Å².